The molecular weight excluding hydrogens is 322 g/mol. The number of hydrogen-bond donors (Lipinski definition) is 2. The van der Waals surface area contributed by atoms with Crippen LogP contribution in [0.5, 0.6) is 0 Å². The van der Waals surface area contributed by atoms with Gasteiger partial charge in [-0.2, -0.15) is 5.26 Å². The number of nitrogens with one attached hydrogen (secondary N) is 1. The molecule has 1 aromatic carbocycles. The van der Waals surface area contributed by atoms with Crippen molar-refractivity contribution in [3.8, 4) is 6.07 Å². The van der Waals surface area contributed by atoms with Crippen molar-refractivity contribution in [2.24, 2.45) is 5.73 Å². The second-order valence-electron chi connectivity index (χ2n) is 5.86. The van der Waals surface area contributed by atoms with E-state index in [0.29, 0.717) is 11.3 Å². The predicted molar refractivity (Wildman–Crippen MR) is 88.7 cm³/mol. The molecule has 0 unspecified atom stereocenters. The van der Waals surface area contributed by atoms with E-state index in [4.69, 9.17) is 15.2 Å². The van der Waals surface area contributed by atoms with Crippen LogP contribution in [0.2, 0.25) is 0 Å². The molecule has 1 spiro atoms. The molecule has 0 fully saturated rings. The molecule has 2 heterocycles. The van der Waals surface area contributed by atoms with E-state index in [1.807, 2.05) is 19.1 Å². The van der Waals surface area contributed by atoms with E-state index in [-0.39, 0.29) is 29.4 Å². The van der Waals surface area contributed by atoms with Crippen molar-refractivity contribution in [3.63, 3.8) is 0 Å². The number of aryl methyl sites for hydroxylation is 1. The van der Waals surface area contributed by atoms with Gasteiger partial charge in [0.15, 0.2) is 5.41 Å². The van der Waals surface area contributed by atoms with Crippen LogP contribution in [-0.4, -0.2) is 18.5 Å². The zero-order valence-corrected chi connectivity index (χ0v) is 14.1. The Hall–Kier alpha value is -3.27. The molecule has 7 heteroatoms. The molecule has 0 bridgehead atoms. The number of carbonyl (C=O) groups is 2. The van der Waals surface area contributed by atoms with E-state index in [1.165, 1.54) is 6.92 Å². The Labute approximate surface area is 144 Å². The molecule has 0 saturated heterocycles. The summed E-state index contributed by atoms with van der Waals surface area (Å²) in [5, 5.41) is 12.4. The summed E-state index contributed by atoms with van der Waals surface area (Å²) in [6.45, 7) is 5.16. The molecule has 3 rings (SSSR count). The van der Waals surface area contributed by atoms with E-state index in [9.17, 15) is 14.9 Å². The van der Waals surface area contributed by atoms with Crippen LogP contribution in [0, 0.1) is 18.3 Å². The largest absolute Gasteiger partial charge is 0.462 e. The van der Waals surface area contributed by atoms with Crippen molar-refractivity contribution in [2.75, 3.05) is 11.9 Å². The fraction of sp³-hybridized carbons (Fsp3) is 0.278. The lowest BCUT2D eigenvalue weighted by Crippen LogP contribution is -2.45. The Balaban J connectivity index is 2.41. The molecule has 25 heavy (non-hydrogen) atoms. The first-order valence-electron chi connectivity index (χ1n) is 7.77. The number of benzene rings is 1. The van der Waals surface area contributed by atoms with Crippen LogP contribution < -0.4 is 11.1 Å². The van der Waals surface area contributed by atoms with Crippen molar-refractivity contribution in [2.45, 2.75) is 26.2 Å². The van der Waals surface area contributed by atoms with E-state index in [0.717, 1.165) is 5.56 Å². The first-order valence-corrected chi connectivity index (χ1v) is 7.77. The van der Waals surface area contributed by atoms with Gasteiger partial charge in [-0.1, -0.05) is 17.7 Å². The summed E-state index contributed by atoms with van der Waals surface area (Å²) >= 11 is 0. The van der Waals surface area contributed by atoms with E-state index in [1.54, 1.807) is 19.1 Å². The summed E-state index contributed by atoms with van der Waals surface area (Å²) in [5.74, 6) is -1.31. The van der Waals surface area contributed by atoms with Crippen LogP contribution in [0.4, 0.5) is 5.69 Å². The predicted octanol–water partition coefficient (Wildman–Crippen LogP) is 1.75. The molecule has 0 saturated carbocycles. The number of rotatable bonds is 2. The van der Waals surface area contributed by atoms with Crippen LogP contribution in [0.3, 0.4) is 0 Å². The second kappa shape index (κ2) is 5.67. The van der Waals surface area contributed by atoms with Crippen LogP contribution in [0.1, 0.15) is 25.0 Å². The standard InChI is InChI=1S/C18H17N3O4/c1-4-24-16(22)14-10(3)25-15(20)12(8-19)18(14)11-7-9(2)5-6-13(11)21-17(18)23/h5-7H,4,20H2,1-3H3,(H,21,23)/t18-/m0/s1. The molecule has 1 atom stereocenters. The monoisotopic (exact) mass is 339 g/mol. The normalized spacial score (nSPS) is 21.6. The highest BCUT2D eigenvalue weighted by Crippen LogP contribution is 2.52. The highest BCUT2D eigenvalue weighted by Gasteiger charge is 2.59. The fourth-order valence-electron chi connectivity index (χ4n) is 3.39. The van der Waals surface area contributed by atoms with Gasteiger partial charge in [-0.15, -0.1) is 0 Å². The third kappa shape index (κ3) is 2.11. The Kier molecular flexibility index (Phi) is 3.76. The summed E-state index contributed by atoms with van der Waals surface area (Å²) in [6.07, 6.45) is 0. The van der Waals surface area contributed by atoms with Crippen molar-refractivity contribution in [1.82, 2.24) is 0 Å². The number of esters is 1. The lowest BCUT2D eigenvalue weighted by Gasteiger charge is -2.33. The minimum absolute atomic E-state index is 0.0260. The van der Waals surface area contributed by atoms with Crippen molar-refractivity contribution in [1.29, 1.82) is 5.26 Å². The summed E-state index contributed by atoms with van der Waals surface area (Å²) in [6, 6.07) is 7.27. The number of amides is 1. The molecule has 0 radical (unpaired) electrons. The molecule has 7 nitrogen and oxygen atoms in total. The molecule has 1 amide bonds. The van der Waals surface area contributed by atoms with Crippen molar-refractivity contribution in [3.05, 3.63) is 52.1 Å². The Bertz CT molecular complexity index is 907. The van der Waals surface area contributed by atoms with Gasteiger partial charge in [0.25, 0.3) is 0 Å². The number of allylic oxidation sites excluding steroid dienone is 1. The summed E-state index contributed by atoms with van der Waals surface area (Å²) in [5.41, 5.74) is 5.96. The highest BCUT2D eigenvalue weighted by atomic mass is 16.5. The van der Waals surface area contributed by atoms with Gasteiger partial charge in [-0.25, -0.2) is 4.79 Å². The lowest BCUT2D eigenvalue weighted by molar-refractivity contribution is -0.140. The average Bonchev–Trinajstić information content (AvgIpc) is 2.81. The Morgan fingerprint density at radius 2 is 2.16 bits per heavy atom. The van der Waals surface area contributed by atoms with Crippen LogP contribution in [0.25, 0.3) is 0 Å². The summed E-state index contributed by atoms with van der Waals surface area (Å²) in [7, 11) is 0. The first kappa shape index (κ1) is 16.6. The van der Waals surface area contributed by atoms with Crippen molar-refractivity contribution < 1.29 is 19.1 Å². The number of nitrogens with zero attached hydrogens (tertiary/aromatic N) is 1. The minimum atomic E-state index is -1.67. The third-order valence-electron chi connectivity index (χ3n) is 4.37. The van der Waals surface area contributed by atoms with E-state index < -0.39 is 17.3 Å². The van der Waals surface area contributed by atoms with Gasteiger partial charge in [0.1, 0.15) is 23.0 Å². The number of nitriles is 1. The first-order chi connectivity index (χ1) is 11.9. The molecule has 3 N–H and O–H groups in total. The maximum Gasteiger partial charge on any atom is 0.339 e. The van der Waals surface area contributed by atoms with Gasteiger partial charge in [0.05, 0.1) is 6.61 Å². The second-order valence-corrected chi connectivity index (χ2v) is 5.86. The smallest absolute Gasteiger partial charge is 0.339 e. The Morgan fingerprint density at radius 3 is 2.80 bits per heavy atom. The van der Waals surface area contributed by atoms with Crippen LogP contribution >= 0.6 is 0 Å². The number of nitrogens with two attached hydrogens (primary N) is 1. The van der Waals surface area contributed by atoms with Gasteiger partial charge in [-0.3, -0.25) is 4.79 Å². The fourth-order valence-corrected chi connectivity index (χ4v) is 3.39. The molecule has 0 aromatic heterocycles. The third-order valence-corrected chi connectivity index (χ3v) is 4.37. The van der Waals surface area contributed by atoms with Gasteiger partial charge >= 0.3 is 5.97 Å². The number of hydrogen-bond acceptors (Lipinski definition) is 6. The van der Waals surface area contributed by atoms with Crippen LogP contribution in [-0.2, 0) is 24.5 Å². The van der Waals surface area contributed by atoms with E-state index in [2.05, 4.69) is 5.32 Å². The van der Waals surface area contributed by atoms with Gasteiger partial charge in [0, 0.05) is 11.3 Å². The molecule has 1 aromatic rings. The zero-order chi connectivity index (χ0) is 18.4. The minimum Gasteiger partial charge on any atom is -0.462 e. The van der Waals surface area contributed by atoms with Crippen molar-refractivity contribution >= 4 is 17.6 Å². The number of carbonyl (C=O) groups excluding carboxylic acids is 2. The molecular formula is C18H17N3O4. The summed E-state index contributed by atoms with van der Waals surface area (Å²) < 4.78 is 10.5. The average molecular weight is 339 g/mol. The maximum atomic E-state index is 13.0. The molecule has 128 valence electrons. The molecule has 2 aliphatic rings. The zero-order valence-electron chi connectivity index (χ0n) is 14.1. The number of ether oxygens (including phenoxy) is 2. The number of fused-ring (bicyclic) bond motifs is 2. The van der Waals surface area contributed by atoms with E-state index >= 15 is 0 Å². The molecule has 2 aliphatic heterocycles. The number of anilines is 1. The summed E-state index contributed by atoms with van der Waals surface area (Å²) in [4.78, 5) is 25.7. The Morgan fingerprint density at radius 1 is 1.44 bits per heavy atom. The molecule has 0 aliphatic carbocycles. The highest BCUT2D eigenvalue weighted by molar-refractivity contribution is 6.17. The van der Waals surface area contributed by atoms with Crippen LogP contribution in [0.15, 0.2) is 41.0 Å². The maximum absolute atomic E-state index is 13.0. The SMILES string of the molecule is CCOC(=O)C1=C(C)OC(N)=C(C#N)[C@]12C(=O)Nc1ccc(C)cc12. The lowest BCUT2D eigenvalue weighted by atomic mass is 9.68. The van der Waals surface area contributed by atoms with Gasteiger partial charge < -0.3 is 20.5 Å². The topological polar surface area (TPSA) is 114 Å². The quantitative estimate of drug-likeness (QED) is 0.793. The van der Waals surface area contributed by atoms with Gasteiger partial charge in [-0.05, 0) is 26.8 Å². The van der Waals surface area contributed by atoms with Gasteiger partial charge in [0.2, 0.25) is 11.8 Å².